The predicted molar refractivity (Wildman–Crippen MR) is 87.4 cm³/mol. The maximum absolute atomic E-state index is 11.5. The number of nitrogens with one attached hydrogen (secondary N) is 1. The van der Waals surface area contributed by atoms with Crippen molar-refractivity contribution in [3.63, 3.8) is 0 Å². The van der Waals surface area contributed by atoms with Crippen molar-refractivity contribution < 1.29 is 9.53 Å². The molecule has 0 aliphatic rings. The first-order chi connectivity index (χ1) is 8.87. The van der Waals surface area contributed by atoms with Crippen molar-refractivity contribution in [2.75, 3.05) is 13.2 Å². The molecule has 1 rings (SSSR count). The molecule has 1 aromatic rings. The van der Waals surface area contributed by atoms with Crippen LogP contribution in [0.2, 0.25) is 0 Å². The highest BCUT2D eigenvalue weighted by atomic mass is 79.9. The number of ether oxygens (including phenoxy) is 1. The molecule has 3 N–H and O–H groups in total. The zero-order valence-corrected chi connectivity index (χ0v) is 14.2. The molecule has 0 bridgehead atoms. The first-order valence-electron chi connectivity index (χ1n) is 6.31. The summed E-state index contributed by atoms with van der Waals surface area (Å²) in [5.74, 6) is 0.814. The number of nitrogens with two attached hydrogens (primary N) is 1. The molecule has 0 fully saturated rings. The van der Waals surface area contributed by atoms with Crippen LogP contribution in [0.25, 0.3) is 0 Å². The number of hydrogen-bond donors (Lipinski definition) is 2. The minimum absolute atomic E-state index is 0. The largest absolute Gasteiger partial charge is 0.494 e. The number of hydrogen-bond acceptors (Lipinski definition) is 3. The third-order valence-electron chi connectivity index (χ3n) is 2.35. The van der Waals surface area contributed by atoms with Crippen LogP contribution in [0.15, 0.2) is 28.7 Å². The first-order valence-corrected chi connectivity index (χ1v) is 7.10. The maximum Gasteiger partial charge on any atom is 0.220 e. The Bertz CT molecular complexity index is 422. The van der Waals surface area contributed by atoms with Crippen molar-refractivity contribution in [3.8, 4) is 5.75 Å². The molecule has 1 aromatic carbocycles. The van der Waals surface area contributed by atoms with Gasteiger partial charge in [-0.3, -0.25) is 4.79 Å². The van der Waals surface area contributed by atoms with Crippen LogP contribution in [-0.4, -0.2) is 24.6 Å². The van der Waals surface area contributed by atoms with E-state index in [1.54, 1.807) is 0 Å². The van der Waals surface area contributed by atoms with Crippen LogP contribution in [0, 0.1) is 0 Å². The molecule has 0 aromatic heterocycles. The molecule has 0 unspecified atom stereocenters. The van der Waals surface area contributed by atoms with Gasteiger partial charge in [0, 0.05) is 23.0 Å². The average Bonchev–Trinajstić information content (AvgIpc) is 2.31. The van der Waals surface area contributed by atoms with Gasteiger partial charge in [0.2, 0.25) is 5.91 Å². The fourth-order valence-electron chi connectivity index (χ4n) is 1.39. The Kier molecular flexibility index (Phi) is 8.85. The van der Waals surface area contributed by atoms with Gasteiger partial charge in [-0.2, -0.15) is 0 Å². The molecule has 0 aliphatic carbocycles. The highest BCUT2D eigenvalue weighted by Crippen LogP contribution is 2.17. The van der Waals surface area contributed by atoms with E-state index in [1.807, 2.05) is 38.1 Å². The summed E-state index contributed by atoms with van der Waals surface area (Å²) in [7, 11) is 0. The summed E-state index contributed by atoms with van der Waals surface area (Å²) >= 11 is 3.38. The minimum atomic E-state index is -0.373. The van der Waals surface area contributed by atoms with Crippen molar-refractivity contribution in [2.24, 2.45) is 5.73 Å². The van der Waals surface area contributed by atoms with Gasteiger partial charge in [-0.15, -0.1) is 12.4 Å². The summed E-state index contributed by atoms with van der Waals surface area (Å²) in [5, 5.41) is 2.80. The number of benzene rings is 1. The molecule has 0 radical (unpaired) electrons. The average molecular weight is 366 g/mol. The Hall–Kier alpha value is -0.780. The van der Waals surface area contributed by atoms with E-state index >= 15 is 0 Å². The second-order valence-electron chi connectivity index (χ2n) is 5.17. The lowest BCUT2D eigenvalue weighted by molar-refractivity contribution is -0.121. The first kappa shape index (κ1) is 19.2. The van der Waals surface area contributed by atoms with Gasteiger partial charge in [-0.1, -0.05) is 22.0 Å². The van der Waals surface area contributed by atoms with E-state index in [-0.39, 0.29) is 23.9 Å². The highest BCUT2D eigenvalue weighted by Gasteiger charge is 2.11. The molecule has 20 heavy (non-hydrogen) atoms. The zero-order chi connectivity index (χ0) is 14.3. The Morgan fingerprint density at radius 3 is 2.75 bits per heavy atom. The zero-order valence-electron chi connectivity index (χ0n) is 11.8. The van der Waals surface area contributed by atoms with E-state index in [0.29, 0.717) is 26.0 Å². The van der Waals surface area contributed by atoms with Crippen LogP contribution in [0.1, 0.15) is 26.7 Å². The van der Waals surface area contributed by atoms with E-state index in [2.05, 4.69) is 21.2 Å². The molecule has 0 aliphatic heterocycles. The van der Waals surface area contributed by atoms with Crippen molar-refractivity contribution in [1.29, 1.82) is 0 Å². The molecular weight excluding hydrogens is 344 g/mol. The van der Waals surface area contributed by atoms with Gasteiger partial charge in [0.25, 0.3) is 0 Å². The normalized spacial score (nSPS) is 10.6. The van der Waals surface area contributed by atoms with Gasteiger partial charge >= 0.3 is 0 Å². The van der Waals surface area contributed by atoms with Crippen LogP contribution in [0.5, 0.6) is 5.75 Å². The minimum Gasteiger partial charge on any atom is -0.494 e. The van der Waals surface area contributed by atoms with E-state index in [0.717, 1.165) is 10.2 Å². The van der Waals surface area contributed by atoms with Crippen molar-refractivity contribution in [2.45, 2.75) is 32.2 Å². The lowest BCUT2D eigenvalue weighted by Gasteiger charge is -2.18. The van der Waals surface area contributed by atoms with Crippen LogP contribution < -0.4 is 15.8 Å². The summed E-state index contributed by atoms with van der Waals surface area (Å²) in [5.41, 5.74) is 5.41. The van der Waals surface area contributed by atoms with Crippen LogP contribution in [-0.2, 0) is 4.79 Å². The molecule has 6 heteroatoms. The molecule has 0 saturated carbocycles. The van der Waals surface area contributed by atoms with Gasteiger partial charge in [0.05, 0.1) is 6.61 Å². The molecule has 0 heterocycles. The molecule has 114 valence electrons. The van der Waals surface area contributed by atoms with Gasteiger partial charge in [-0.05, 0) is 38.5 Å². The number of carbonyl (C=O) groups excluding carboxylic acids is 1. The second kappa shape index (κ2) is 9.21. The fourth-order valence-corrected chi connectivity index (χ4v) is 1.77. The third kappa shape index (κ3) is 9.18. The Morgan fingerprint density at radius 2 is 2.15 bits per heavy atom. The van der Waals surface area contributed by atoms with Gasteiger partial charge in [0.1, 0.15) is 5.75 Å². The van der Waals surface area contributed by atoms with E-state index in [1.165, 1.54) is 0 Å². The predicted octanol–water partition coefficient (Wildman–Crippen LogP) is 2.88. The lowest BCUT2D eigenvalue weighted by atomic mass is 10.1. The standard InChI is InChI=1S/C14H21BrN2O2.ClH/c1-14(2,16)10-17-13(18)7-4-8-19-12-6-3-5-11(15)9-12;/h3,5-6,9H,4,7-8,10,16H2,1-2H3,(H,17,18);1H. The van der Waals surface area contributed by atoms with E-state index in [4.69, 9.17) is 10.5 Å². The molecule has 0 spiro atoms. The van der Waals surface area contributed by atoms with Crippen molar-refractivity contribution in [1.82, 2.24) is 5.32 Å². The van der Waals surface area contributed by atoms with Gasteiger partial charge in [-0.25, -0.2) is 0 Å². The Labute approximate surface area is 135 Å². The summed E-state index contributed by atoms with van der Waals surface area (Å²) < 4.78 is 6.53. The maximum atomic E-state index is 11.5. The van der Waals surface area contributed by atoms with Gasteiger partial charge < -0.3 is 15.8 Å². The van der Waals surface area contributed by atoms with Crippen LogP contribution in [0.3, 0.4) is 0 Å². The van der Waals surface area contributed by atoms with Crippen LogP contribution >= 0.6 is 28.3 Å². The number of carbonyl (C=O) groups is 1. The molecule has 0 saturated heterocycles. The van der Waals surface area contributed by atoms with E-state index < -0.39 is 0 Å². The smallest absolute Gasteiger partial charge is 0.220 e. The van der Waals surface area contributed by atoms with Crippen molar-refractivity contribution in [3.05, 3.63) is 28.7 Å². The third-order valence-corrected chi connectivity index (χ3v) is 2.85. The van der Waals surface area contributed by atoms with Crippen molar-refractivity contribution >= 4 is 34.2 Å². The lowest BCUT2D eigenvalue weighted by Crippen LogP contribution is -2.45. The SMILES string of the molecule is CC(C)(N)CNC(=O)CCCOc1cccc(Br)c1.Cl. The number of amides is 1. The van der Waals surface area contributed by atoms with Gasteiger partial charge in [0.15, 0.2) is 0 Å². The molecule has 0 atom stereocenters. The summed E-state index contributed by atoms with van der Waals surface area (Å²) in [6.07, 6.45) is 1.13. The summed E-state index contributed by atoms with van der Waals surface area (Å²) in [6, 6.07) is 7.64. The Morgan fingerprint density at radius 1 is 1.45 bits per heavy atom. The summed E-state index contributed by atoms with van der Waals surface area (Å²) in [6.45, 7) is 4.77. The molecule has 4 nitrogen and oxygen atoms in total. The second-order valence-corrected chi connectivity index (χ2v) is 6.09. The topological polar surface area (TPSA) is 64.3 Å². The number of halogens is 2. The molecule has 1 amide bonds. The molecular formula is C14H22BrClN2O2. The monoisotopic (exact) mass is 364 g/mol. The quantitative estimate of drug-likeness (QED) is 0.730. The fraction of sp³-hybridized carbons (Fsp3) is 0.500. The van der Waals surface area contributed by atoms with Crippen LogP contribution in [0.4, 0.5) is 0 Å². The van der Waals surface area contributed by atoms with E-state index in [9.17, 15) is 4.79 Å². The number of rotatable bonds is 7. The highest BCUT2D eigenvalue weighted by molar-refractivity contribution is 9.10. The Balaban J connectivity index is 0.00000361. The summed E-state index contributed by atoms with van der Waals surface area (Å²) in [4.78, 5) is 11.5.